The third-order valence-electron chi connectivity index (χ3n) is 5.45. The van der Waals surface area contributed by atoms with Gasteiger partial charge >= 0.3 is 0 Å². The van der Waals surface area contributed by atoms with Crippen LogP contribution in [0.4, 0.5) is 5.95 Å². The Bertz CT molecular complexity index is 910. The molecule has 138 valence electrons. The normalized spacial score (nSPS) is 18.7. The van der Waals surface area contributed by atoms with Crippen molar-refractivity contribution >= 4 is 22.8 Å². The number of benzene rings is 1. The quantitative estimate of drug-likeness (QED) is 0.708. The van der Waals surface area contributed by atoms with Gasteiger partial charge in [0, 0.05) is 63.1 Å². The van der Waals surface area contributed by atoms with Crippen LogP contribution in [0.5, 0.6) is 0 Å². The van der Waals surface area contributed by atoms with Crippen LogP contribution in [0, 0.1) is 0 Å². The summed E-state index contributed by atoms with van der Waals surface area (Å²) in [5.41, 5.74) is 0.761. The molecule has 7 nitrogen and oxygen atoms in total. The highest BCUT2D eigenvalue weighted by molar-refractivity contribution is 5.96. The first-order chi connectivity index (χ1) is 13.3. The minimum absolute atomic E-state index is 0.0150. The highest BCUT2D eigenvalue weighted by Gasteiger charge is 2.37. The molecule has 2 aliphatic rings. The molecular weight excluding hydrogens is 342 g/mol. The minimum Gasteiger partial charge on any atom is -0.451 e. The molecular formula is C20H21N5O2. The number of carbonyl (C=O) groups is 1. The number of furan rings is 1. The van der Waals surface area contributed by atoms with Gasteiger partial charge < -0.3 is 14.2 Å². The molecule has 4 heterocycles. The van der Waals surface area contributed by atoms with Crippen LogP contribution in [0.2, 0.25) is 0 Å². The Balaban J connectivity index is 1.16. The van der Waals surface area contributed by atoms with E-state index in [1.54, 1.807) is 12.4 Å². The predicted octanol–water partition coefficient (Wildman–Crippen LogP) is 1.87. The summed E-state index contributed by atoms with van der Waals surface area (Å²) in [7, 11) is 0. The summed E-state index contributed by atoms with van der Waals surface area (Å²) in [6.07, 6.45) is 3.56. The van der Waals surface area contributed by atoms with Gasteiger partial charge in [0.15, 0.2) is 5.76 Å². The van der Waals surface area contributed by atoms with E-state index in [9.17, 15) is 4.79 Å². The first-order valence-electron chi connectivity index (χ1n) is 9.32. The highest BCUT2D eigenvalue weighted by Crippen LogP contribution is 2.24. The molecule has 0 unspecified atom stereocenters. The van der Waals surface area contributed by atoms with E-state index >= 15 is 0 Å². The lowest BCUT2D eigenvalue weighted by Crippen LogP contribution is -2.64. The average molecular weight is 363 g/mol. The van der Waals surface area contributed by atoms with Crippen molar-refractivity contribution in [3.05, 3.63) is 54.6 Å². The largest absolute Gasteiger partial charge is 0.451 e. The van der Waals surface area contributed by atoms with E-state index in [4.69, 9.17) is 4.42 Å². The summed E-state index contributed by atoms with van der Waals surface area (Å²) < 4.78 is 5.71. The highest BCUT2D eigenvalue weighted by atomic mass is 16.3. The molecule has 7 heteroatoms. The third kappa shape index (κ3) is 3.04. The Hall–Kier alpha value is -2.93. The molecule has 3 aromatic rings. The number of fused-ring (bicyclic) bond motifs is 1. The first-order valence-corrected chi connectivity index (χ1v) is 9.32. The molecule has 0 N–H and O–H groups in total. The number of aromatic nitrogens is 2. The van der Waals surface area contributed by atoms with E-state index in [1.807, 2.05) is 41.3 Å². The smallest absolute Gasteiger partial charge is 0.289 e. The van der Waals surface area contributed by atoms with Crippen molar-refractivity contribution < 1.29 is 9.21 Å². The molecule has 27 heavy (non-hydrogen) atoms. The molecule has 2 aliphatic heterocycles. The molecule has 0 radical (unpaired) electrons. The second-order valence-electron chi connectivity index (χ2n) is 7.08. The molecule has 0 bridgehead atoms. The number of likely N-dealkylation sites (tertiary alicyclic amines) is 1. The molecule has 2 fully saturated rings. The van der Waals surface area contributed by atoms with Crippen LogP contribution < -0.4 is 4.90 Å². The molecule has 0 atom stereocenters. The maximum Gasteiger partial charge on any atom is 0.289 e. The topological polar surface area (TPSA) is 65.7 Å². The van der Waals surface area contributed by atoms with E-state index < -0.39 is 0 Å². The molecule has 2 aromatic heterocycles. The van der Waals surface area contributed by atoms with Gasteiger partial charge in [0.1, 0.15) is 5.58 Å². The van der Waals surface area contributed by atoms with Gasteiger partial charge in [-0.05, 0) is 18.2 Å². The Labute approximate surface area is 157 Å². The van der Waals surface area contributed by atoms with Crippen LogP contribution in [-0.4, -0.2) is 71.0 Å². The molecule has 0 saturated carbocycles. The van der Waals surface area contributed by atoms with Crippen molar-refractivity contribution in [2.75, 3.05) is 44.2 Å². The standard InChI is InChI=1S/C20H21N5O2/c26-19(18-12-15-4-1-2-5-17(15)27-18)25-13-16(14-25)23-8-10-24(11-9-23)20-21-6-3-7-22-20/h1-7,12,16H,8-11,13-14H2. The number of hydrogen-bond acceptors (Lipinski definition) is 6. The fourth-order valence-corrected chi connectivity index (χ4v) is 3.84. The van der Waals surface area contributed by atoms with E-state index in [0.717, 1.165) is 56.2 Å². The number of nitrogens with zero attached hydrogens (tertiary/aromatic N) is 5. The molecule has 2 saturated heterocycles. The summed E-state index contributed by atoms with van der Waals surface area (Å²) in [5, 5.41) is 0.970. The first kappa shape index (κ1) is 16.3. The second-order valence-corrected chi connectivity index (χ2v) is 7.08. The summed E-state index contributed by atoms with van der Waals surface area (Å²) in [4.78, 5) is 27.8. The summed E-state index contributed by atoms with van der Waals surface area (Å²) in [6, 6.07) is 11.8. The number of para-hydroxylation sites is 1. The van der Waals surface area contributed by atoms with Crippen molar-refractivity contribution in [2.45, 2.75) is 6.04 Å². The van der Waals surface area contributed by atoms with Crippen LogP contribution in [0.3, 0.4) is 0 Å². The van der Waals surface area contributed by atoms with Crippen molar-refractivity contribution in [1.29, 1.82) is 0 Å². The zero-order valence-corrected chi connectivity index (χ0v) is 15.0. The number of carbonyl (C=O) groups excluding carboxylic acids is 1. The number of rotatable bonds is 3. The van der Waals surface area contributed by atoms with Crippen LogP contribution in [0.15, 0.2) is 53.2 Å². The van der Waals surface area contributed by atoms with Gasteiger partial charge in [-0.25, -0.2) is 9.97 Å². The number of hydrogen-bond donors (Lipinski definition) is 0. The zero-order chi connectivity index (χ0) is 18.2. The maximum atomic E-state index is 12.7. The monoisotopic (exact) mass is 363 g/mol. The van der Waals surface area contributed by atoms with Crippen LogP contribution in [0.25, 0.3) is 11.0 Å². The number of amides is 1. The van der Waals surface area contributed by atoms with Crippen molar-refractivity contribution in [2.24, 2.45) is 0 Å². The fraction of sp³-hybridized carbons (Fsp3) is 0.350. The van der Waals surface area contributed by atoms with Gasteiger partial charge in [-0.1, -0.05) is 18.2 Å². The Kier molecular flexibility index (Phi) is 4.01. The molecule has 1 amide bonds. The number of piperazine rings is 1. The lowest BCUT2D eigenvalue weighted by molar-refractivity contribution is 0.0224. The van der Waals surface area contributed by atoms with E-state index in [-0.39, 0.29) is 5.91 Å². The third-order valence-corrected chi connectivity index (χ3v) is 5.45. The minimum atomic E-state index is -0.0150. The van der Waals surface area contributed by atoms with E-state index in [1.165, 1.54) is 0 Å². The van der Waals surface area contributed by atoms with Gasteiger partial charge in [0.2, 0.25) is 5.95 Å². The zero-order valence-electron chi connectivity index (χ0n) is 15.0. The van der Waals surface area contributed by atoms with Crippen LogP contribution >= 0.6 is 0 Å². The van der Waals surface area contributed by atoms with Gasteiger partial charge in [-0.2, -0.15) is 0 Å². The predicted molar refractivity (Wildman–Crippen MR) is 102 cm³/mol. The van der Waals surface area contributed by atoms with E-state index in [2.05, 4.69) is 19.8 Å². The van der Waals surface area contributed by atoms with Gasteiger partial charge in [-0.15, -0.1) is 0 Å². The van der Waals surface area contributed by atoms with Crippen molar-refractivity contribution in [1.82, 2.24) is 19.8 Å². The Morgan fingerprint density at radius 3 is 2.48 bits per heavy atom. The fourth-order valence-electron chi connectivity index (χ4n) is 3.84. The lowest BCUT2D eigenvalue weighted by atomic mass is 10.1. The molecule has 1 aromatic carbocycles. The summed E-state index contributed by atoms with van der Waals surface area (Å²) in [6.45, 7) is 5.29. The van der Waals surface area contributed by atoms with Gasteiger partial charge in [0.05, 0.1) is 0 Å². The van der Waals surface area contributed by atoms with Gasteiger partial charge in [-0.3, -0.25) is 9.69 Å². The molecule has 0 spiro atoms. The number of anilines is 1. The summed E-state index contributed by atoms with van der Waals surface area (Å²) in [5.74, 6) is 1.21. The molecule has 0 aliphatic carbocycles. The average Bonchev–Trinajstić information content (AvgIpc) is 3.12. The van der Waals surface area contributed by atoms with Gasteiger partial charge in [0.25, 0.3) is 5.91 Å². The lowest BCUT2D eigenvalue weighted by Gasteiger charge is -2.47. The Morgan fingerprint density at radius 1 is 1.00 bits per heavy atom. The SMILES string of the molecule is O=C(c1cc2ccccc2o1)N1CC(N2CCN(c3ncccn3)CC2)C1. The van der Waals surface area contributed by atoms with Crippen molar-refractivity contribution in [3.63, 3.8) is 0 Å². The van der Waals surface area contributed by atoms with Crippen molar-refractivity contribution in [3.8, 4) is 0 Å². The maximum absolute atomic E-state index is 12.7. The molecule has 5 rings (SSSR count). The van der Waals surface area contributed by atoms with Crippen LogP contribution in [-0.2, 0) is 0 Å². The van der Waals surface area contributed by atoms with E-state index in [0.29, 0.717) is 11.8 Å². The van der Waals surface area contributed by atoms with Crippen LogP contribution in [0.1, 0.15) is 10.6 Å². The Morgan fingerprint density at radius 2 is 1.74 bits per heavy atom. The summed E-state index contributed by atoms with van der Waals surface area (Å²) >= 11 is 0. The second kappa shape index (κ2) is 6.66.